The summed E-state index contributed by atoms with van der Waals surface area (Å²) in [6.45, 7) is 1.52. The Hall–Kier alpha value is -1.51. The quantitative estimate of drug-likeness (QED) is 0.726. The van der Waals surface area contributed by atoms with Gasteiger partial charge in [0.15, 0.2) is 11.5 Å². The summed E-state index contributed by atoms with van der Waals surface area (Å²) < 4.78 is 38.6. The largest absolute Gasteiger partial charge is 0.486 e. The number of rotatable bonds is 7. The lowest BCUT2D eigenvalue weighted by Crippen LogP contribution is -2.37. The number of hydrogen-bond donors (Lipinski definition) is 1. The van der Waals surface area contributed by atoms with Crippen LogP contribution in [0.2, 0.25) is 5.02 Å². The number of benzene rings is 2. The molecule has 0 fully saturated rings. The van der Waals surface area contributed by atoms with Crippen molar-refractivity contribution in [2.75, 3.05) is 32.8 Å². The number of ether oxygens (including phenoxy) is 2. The van der Waals surface area contributed by atoms with Gasteiger partial charge >= 0.3 is 0 Å². The van der Waals surface area contributed by atoms with Crippen molar-refractivity contribution in [2.24, 2.45) is 5.73 Å². The molecule has 2 N–H and O–H groups in total. The van der Waals surface area contributed by atoms with Crippen molar-refractivity contribution in [3.63, 3.8) is 0 Å². The number of fused-ring (bicyclic) bond motifs is 1. The predicted octanol–water partition coefficient (Wildman–Crippen LogP) is 2.73. The van der Waals surface area contributed by atoms with E-state index in [9.17, 15) is 8.42 Å². The van der Waals surface area contributed by atoms with E-state index in [0.717, 1.165) is 5.56 Å². The fraction of sp³-hybridized carbons (Fsp3) is 0.333. The summed E-state index contributed by atoms with van der Waals surface area (Å²) >= 11 is 6.23. The summed E-state index contributed by atoms with van der Waals surface area (Å²) in [5, 5.41) is 0.107. The molecule has 6 nitrogen and oxygen atoms in total. The molecule has 0 atom stereocenters. The first-order valence-electron chi connectivity index (χ1n) is 8.35. The maximum absolute atomic E-state index is 13.1. The van der Waals surface area contributed by atoms with Gasteiger partial charge in [0.25, 0.3) is 0 Å². The lowest BCUT2D eigenvalue weighted by molar-refractivity contribution is 0.171. The first-order valence-corrected chi connectivity index (χ1v) is 10.2. The van der Waals surface area contributed by atoms with Crippen LogP contribution in [-0.4, -0.2) is 45.6 Å². The van der Waals surface area contributed by atoms with E-state index in [1.165, 1.54) is 16.4 Å². The van der Waals surface area contributed by atoms with Gasteiger partial charge in [-0.2, -0.15) is 4.31 Å². The van der Waals surface area contributed by atoms with E-state index in [1.807, 2.05) is 30.3 Å². The third-order valence-corrected chi connectivity index (χ3v) is 6.45. The van der Waals surface area contributed by atoms with Crippen molar-refractivity contribution in [3.8, 4) is 11.5 Å². The summed E-state index contributed by atoms with van der Waals surface area (Å²) in [6, 6.07) is 12.6. The van der Waals surface area contributed by atoms with Gasteiger partial charge in [-0.25, -0.2) is 8.42 Å². The molecule has 0 spiro atoms. The Labute approximate surface area is 170 Å². The monoisotopic (exact) mass is 432 g/mol. The Morgan fingerprint density at radius 2 is 1.67 bits per heavy atom. The maximum atomic E-state index is 13.1. The second kappa shape index (κ2) is 9.61. The van der Waals surface area contributed by atoms with Crippen LogP contribution in [0.15, 0.2) is 47.4 Å². The third-order valence-electron chi connectivity index (χ3n) is 4.09. The molecule has 2 aromatic carbocycles. The smallest absolute Gasteiger partial charge is 0.244 e. The molecule has 0 unspecified atom stereocenters. The van der Waals surface area contributed by atoms with E-state index in [4.69, 9.17) is 26.8 Å². The number of sulfonamides is 1. The van der Waals surface area contributed by atoms with Crippen molar-refractivity contribution in [1.82, 2.24) is 4.31 Å². The Bertz CT molecular complexity index is 863. The molecule has 148 valence electrons. The summed E-state index contributed by atoms with van der Waals surface area (Å²) in [6.07, 6.45) is 0.586. The van der Waals surface area contributed by atoms with Crippen LogP contribution in [0.1, 0.15) is 5.56 Å². The minimum absolute atomic E-state index is 0. The normalized spacial score (nSPS) is 13.3. The van der Waals surface area contributed by atoms with Crippen LogP contribution in [0.3, 0.4) is 0 Å². The molecule has 0 aliphatic carbocycles. The van der Waals surface area contributed by atoms with Crippen molar-refractivity contribution >= 4 is 34.0 Å². The van der Waals surface area contributed by atoms with E-state index in [2.05, 4.69) is 0 Å². The fourth-order valence-corrected chi connectivity index (χ4v) is 4.74. The van der Waals surface area contributed by atoms with Gasteiger partial charge in [-0.05, 0) is 12.0 Å². The van der Waals surface area contributed by atoms with Gasteiger partial charge in [0, 0.05) is 31.8 Å². The topological polar surface area (TPSA) is 81.9 Å². The van der Waals surface area contributed by atoms with Crippen molar-refractivity contribution < 1.29 is 17.9 Å². The van der Waals surface area contributed by atoms with Gasteiger partial charge in [0.05, 0.1) is 5.02 Å². The molecule has 27 heavy (non-hydrogen) atoms. The lowest BCUT2D eigenvalue weighted by Gasteiger charge is -2.24. The van der Waals surface area contributed by atoms with E-state index >= 15 is 0 Å². The molecule has 0 saturated carbocycles. The summed E-state index contributed by atoms with van der Waals surface area (Å²) in [5.41, 5.74) is 6.69. The molecule has 1 heterocycles. The van der Waals surface area contributed by atoms with Gasteiger partial charge < -0.3 is 15.2 Å². The lowest BCUT2D eigenvalue weighted by atomic mass is 10.1. The minimum Gasteiger partial charge on any atom is -0.486 e. The molecule has 0 radical (unpaired) electrons. The molecule has 0 amide bonds. The number of halogens is 2. The molecular weight excluding hydrogens is 411 g/mol. The average molecular weight is 433 g/mol. The Kier molecular flexibility index (Phi) is 7.76. The van der Waals surface area contributed by atoms with Crippen LogP contribution in [0, 0.1) is 0 Å². The predicted molar refractivity (Wildman–Crippen MR) is 108 cm³/mol. The first kappa shape index (κ1) is 21.8. The summed E-state index contributed by atoms with van der Waals surface area (Å²) in [7, 11) is -3.81. The van der Waals surface area contributed by atoms with Crippen molar-refractivity contribution in [3.05, 3.63) is 53.1 Å². The molecule has 3 rings (SSSR count). The van der Waals surface area contributed by atoms with Crippen LogP contribution in [0.4, 0.5) is 0 Å². The van der Waals surface area contributed by atoms with Gasteiger partial charge in [0.1, 0.15) is 18.1 Å². The molecule has 0 saturated heterocycles. The molecule has 1 aliphatic rings. The van der Waals surface area contributed by atoms with Crippen molar-refractivity contribution in [1.29, 1.82) is 0 Å². The molecule has 9 heteroatoms. The van der Waals surface area contributed by atoms with Gasteiger partial charge in [0.2, 0.25) is 10.0 Å². The standard InChI is InChI=1S/C18H21ClN2O4S.ClH/c19-15-12-16-17(25-11-10-24-16)13-18(15)26(22,23)21(9-7-20)8-6-14-4-2-1-3-5-14;/h1-5,12-13H,6-11,20H2;1H. The van der Waals surface area contributed by atoms with Crippen LogP contribution in [0.25, 0.3) is 0 Å². The molecule has 2 aromatic rings. The van der Waals surface area contributed by atoms with E-state index < -0.39 is 10.0 Å². The maximum Gasteiger partial charge on any atom is 0.244 e. The Morgan fingerprint density at radius 1 is 1.04 bits per heavy atom. The zero-order valence-corrected chi connectivity index (χ0v) is 17.0. The molecular formula is C18H22Cl2N2O4S. The van der Waals surface area contributed by atoms with Crippen LogP contribution >= 0.6 is 24.0 Å². The highest BCUT2D eigenvalue weighted by molar-refractivity contribution is 7.89. The molecule has 0 bridgehead atoms. The average Bonchev–Trinajstić information content (AvgIpc) is 2.65. The highest BCUT2D eigenvalue weighted by atomic mass is 35.5. The van der Waals surface area contributed by atoms with Crippen LogP contribution in [-0.2, 0) is 16.4 Å². The Balaban J connectivity index is 0.00000261. The van der Waals surface area contributed by atoms with Gasteiger partial charge in [-0.3, -0.25) is 0 Å². The summed E-state index contributed by atoms with van der Waals surface area (Å²) in [5.74, 6) is 0.838. The van der Waals surface area contributed by atoms with Crippen LogP contribution < -0.4 is 15.2 Å². The zero-order valence-electron chi connectivity index (χ0n) is 14.6. The number of nitrogens with zero attached hydrogens (tertiary/aromatic N) is 1. The molecule has 0 aromatic heterocycles. The number of hydrogen-bond acceptors (Lipinski definition) is 5. The number of nitrogens with two attached hydrogens (primary N) is 1. The Morgan fingerprint density at radius 3 is 2.30 bits per heavy atom. The highest BCUT2D eigenvalue weighted by Gasteiger charge is 2.28. The van der Waals surface area contributed by atoms with E-state index in [-0.39, 0.29) is 35.4 Å². The van der Waals surface area contributed by atoms with E-state index in [1.54, 1.807) is 0 Å². The SMILES string of the molecule is Cl.NCCN(CCc1ccccc1)S(=O)(=O)c1cc2c(cc1Cl)OCCO2. The first-order chi connectivity index (χ1) is 12.5. The van der Waals surface area contributed by atoms with Gasteiger partial charge in [-0.15, -0.1) is 12.4 Å². The third kappa shape index (κ3) is 5.06. The summed E-state index contributed by atoms with van der Waals surface area (Å²) in [4.78, 5) is 0.00456. The van der Waals surface area contributed by atoms with Crippen LogP contribution in [0.5, 0.6) is 11.5 Å². The van der Waals surface area contributed by atoms with E-state index in [0.29, 0.717) is 37.7 Å². The fourth-order valence-electron chi connectivity index (χ4n) is 2.78. The zero-order chi connectivity index (χ0) is 18.6. The highest BCUT2D eigenvalue weighted by Crippen LogP contribution is 2.38. The minimum atomic E-state index is -3.81. The molecule has 1 aliphatic heterocycles. The second-order valence-electron chi connectivity index (χ2n) is 5.85. The van der Waals surface area contributed by atoms with Gasteiger partial charge in [-0.1, -0.05) is 41.9 Å². The van der Waals surface area contributed by atoms with Crippen molar-refractivity contribution in [2.45, 2.75) is 11.3 Å². The second-order valence-corrected chi connectivity index (χ2v) is 8.17.